The fourth-order valence-corrected chi connectivity index (χ4v) is 4.37. The van der Waals surface area contributed by atoms with Crippen LogP contribution in [-0.2, 0) is 21.2 Å². The van der Waals surface area contributed by atoms with E-state index in [9.17, 15) is 13.2 Å². The van der Waals surface area contributed by atoms with Crippen molar-refractivity contribution in [2.45, 2.75) is 31.1 Å². The summed E-state index contributed by atoms with van der Waals surface area (Å²) < 4.78 is 26.6. The minimum atomic E-state index is -3.60. The Kier molecular flexibility index (Phi) is 4.45. The Hall–Kier alpha value is -1.40. The van der Waals surface area contributed by atoms with Crippen LogP contribution in [0.2, 0.25) is 0 Å². The molecule has 1 unspecified atom stereocenters. The summed E-state index contributed by atoms with van der Waals surface area (Å²) in [7, 11) is -3.60. The average molecular weight is 297 g/mol. The van der Waals surface area contributed by atoms with Crippen molar-refractivity contribution in [2.24, 2.45) is 5.92 Å². The first-order chi connectivity index (χ1) is 9.46. The summed E-state index contributed by atoms with van der Waals surface area (Å²) in [6.07, 6.45) is 1.76. The Balaban J connectivity index is 2.32. The predicted octanol–water partition coefficient (Wildman–Crippen LogP) is 1.73. The molecule has 0 saturated carbocycles. The van der Waals surface area contributed by atoms with Crippen LogP contribution in [0.3, 0.4) is 0 Å². The zero-order valence-corrected chi connectivity index (χ0v) is 12.3. The lowest BCUT2D eigenvalue weighted by Crippen LogP contribution is -2.42. The number of rotatable bonds is 4. The van der Waals surface area contributed by atoms with Gasteiger partial charge in [-0.25, -0.2) is 8.42 Å². The van der Waals surface area contributed by atoms with Crippen LogP contribution in [0.25, 0.3) is 0 Å². The fraction of sp³-hybridized carbons (Fsp3) is 0.500. The van der Waals surface area contributed by atoms with E-state index in [0.29, 0.717) is 30.7 Å². The Morgan fingerprint density at radius 1 is 1.40 bits per heavy atom. The van der Waals surface area contributed by atoms with Gasteiger partial charge in [0.2, 0.25) is 10.0 Å². The first-order valence-electron chi connectivity index (χ1n) is 6.77. The first-order valence-corrected chi connectivity index (χ1v) is 8.21. The molecule has 1 aliphatic heterocycles. The summed E-state index contributed by atoms with van der Waals surface area (Å²) in [6, 6.07) is 6.91. The number of hydrogen-bond donors (Lipinski definition) is 1. The van der Waals surface area contributed by atoms with Crippen molar-refractivity contribution in [2.75, 3.05) is 13.1 Å². The number of carboxylic acid groups (broad SMARTS) is 1. The number of sulfonamides is 1. The maximum atomic E-state index is 12.7. The summed E-state index contributed by atoms with van der Waals surface area (Å²) >= 11 is 0. The van der Waals surface area contributed by atoms with Crippen molar-refractivity contribution in [3.8, 4) is 0 Å². The Labute approximate surface area is 119 Å². The summed E-state index contributed by atoms with van der Waals surface area (Å²) in [6.45, 7) is 2.37. The third-order valence-corrected chi connectivity index (χ3v) is 5.67. The highest BCUT2D eigenvalue weighted by Gasteiger charge is 2.33. The quantitative estimate of drug-likeness (QED) is 0.918. The van der Waals surface area contributed by atoms with E-state index >= 15 is 0 Å². The summed E-state index contributed by atoms with van der Waals surface area (Å²) in [5.41, 5.74) is 0.768. The minimum absolute atomic E-state index is 0.0652. The molecule has 1 aromatic rings. The van der Waals surface area contributed by atoms with E-state index in [2.05, 4.69) is 0 Å². The van der Waals surface area contributed by atoms with Gasteiger partial charge in [-0.1, -0.05) is 25.1 Å². The van der Waals surface area contributed by atoms with E-state index in [1.807, 2.05) is 13.0 Å². The van der Waals surface area contributed by atoms with Crippen molar-refractivity contribution < 1.29 is 18.3 Å². The molecule has 6 heteroatoms. The lowest BCUT2D eigenvalue weighted by atomic mass is 10.0. The van der Waals surface area contributed by atoms with Crippen molar-refractivity contribution >= 4 is 16.0 Å². The maximum Gasteiger partial charge on any atom is 0.307 e. The zero-order chi connectivity index (χ0) is 14.8. The molecule has 1 aromatic carbocycles. The van der Waals surface area contributed by atoms with Crippen molar-refractivity contribution in [3.05, 3.63) is 29.8 Å². The number of piperidine rings is 1. The van der Waals surface area contributed by atoms with Crippen LogP contribution >= 0.6 is 0 Å². The van der Waals surface area contributed by atoms with Gasteiger partial charge in [-0.2, -0.15) is 4.31 Å². The van der Waals surface area contributed by atoms with Crippen LogP contribution in [-0.4, -0.2) is 36.9 Å². The number of carboxylic acids is 1. The molecule has 1 N–H and O–H groups in total. The molecule has 0 aromatic heterocycles. The predicted molar refractivity (Wildman–Crippen MR) is 74.9 cm³/mol. The monoisotopic (exact) mass is 297 g/mol. The van der Waals surface area contributed by atoms with Crippen LogP contribution in [0.4, 0.5) is 0 Å². The fourth-order valence-electron chi connectivity index (χ4n) is 2.55. The lowest BCUT2D eigenvalue weighted by Gasteiger charge is -2.30. The molecule has 5 nitrogen and oxygen atoms in total. The summed E-state index contributed by atoms with van der Waals surface area (Å²) in [5, 5.41) is 9.07. The van der Waals surface area contributed by atoms with Crippen molar-refractivity contribution in [1.82, 2.24) is 4.31 Å². The first kappa shape index (κ1) is 15.0. The molecule has 110 valence electrons. The smallest absolute Gasteiger partial charge is 0.307 e. The standard InChI is InChI=1S/C14H19NO4S/c1-2-11-6-3-4-8-13(11)20(18,19)15-9-5-7-12(10-15)14(16)17/h3-4,6,8,12H,2,5,7,9-10H2,1H3,(H,16,17). The lowest BCUT2D eigenvalue weighted by molar-refractivity contribution is -0.142. The number of aryl methyl sites for hydroxylation is 1. The molecule has 1 aliphatic rings. The maximum absolute atomic E-state index is 12.7. The second-order valence-electron chi connectivity index (χ2n) is 5.00. The molecule has 20 heavy (non-hydrogen) atoms. The van der Waals surface area contributed by atoms with E-state index in [1.54, 1.807) is 18.2 Å². The molecule has 0 radical (unpaired) electrons. The third kappa shape index (κ3) is 2.86. The Morgan fingerprint density at radius 2 is 2.10 bits per heavy atom. The third-order valence-electron chi connectivity index (χ3n) is 3.70. The molecular weight excluding hydrogens is 278 g/mol. The van der Waals surface area contributed by atoms with Gasteiger partial charge in [0.25, 0.3) is 0 Å². The zero-order valence-electron chi connectivity index (χ0n) is 11.4. The topological polar surface area (TPSA) is 74.7 Å². The number of benzene rings is 1. The van der Waals surface area contributed by atoms with Gasteiger partial charge in [0.05, 0.1) is 10.8 Å². The van der Waals surface area contributed by atoms with Gasteiger partial charge in [0.15, 0.2) is 0 Å². The normalized spacial score (nSPS) is 20.8. The Morgan fingerprint density at radius 3 is 2.75 bits per heavy atom. The molecule has 0 amide bonds. The SMILES string of the molecule is CCc1ccccc1S(=O)(=O)N1CCCC(C(=O)O)C1. The summed E-state index contributed by atoms with van der Waals surface area (Å²) in [5.74, 6) is -1.53. The highest BCUT2D eigenvalue weighted by Crippen LogP contribution is 2.26. The second kappa shape index (κ2) is 5.93. The van der Waals surface area contributed by atoms with Gasteiger partial charge in [-0.3, -0.25) is 4.79 Å². The van der Waals surface area contributed by atoms with Crippen LogP contribution in [0, 0.1) is 5.92 Å². The number of hydrogen-bond acceptors (Lipinski definition) is 3. The Bertz CT molecular complexity index is 597. The molecule has 2 rings (SSSR count). The number of carbonyl (C=O) groups is 1. The van der Waals surface area contributed by atoms with Gasteiger partial charge in [0.1, 0.15) is 0 Å². The van der Waals surface area contributed by atoms with Gasteiger partial charge in [-0.15, -0.1) is 0 Å². The van der Waals surface area contributed by atoms with Crippen LogP contribution in [0.15, 0.2) is 29.2 Å². The van der Waals surface area contributed by atoms with E-state index in [4.69, 9.17) is 5.11 Å². The molecule has 0 aliphatic carbocycles. The molecule has 1 saturated heterocycles. The number of nitrogens with zero attached hydrogens (tertiary/aromatic N) is 1. The van der Waals surface area contributed by atoms with Crippen LogP contribution in [0.1, 0.15) is 25.3 Å². The highest BCUT2D eigenvalue weighted by molar-refractivity contribution is 7.89. The second-order valence-corrected chi connectivity index (χ2v) is 6.91. The molecule has 0 spiro atoms. The molecule has 1 heterocycles. The van der Waals surface area contributed by atoms with E-state index in [-0.39, 0.29) is 6.54 Å². The average Bonchev–Trinajstić information content (AvgIpc) is 2.47. The largest absolute Gasteiger partial charge is 0.481 e. The molecule has 1 atom stereocenters. The van der Waals surface area contributed by atoms with E-state index in [0.717, 1.165) is 5.56 Å². The molecule has 0 bridgehead atoms. The van der Waals surface area contributed by atoms with Gasteiger partial charge < -0.3 is 5.11 Å². The summed E-state index contributed by atoms with van der Waals surface area (Å²) in [4.78, 5) is 11.4. The molecular formula is C14H19NO4S. The van der Waals surface area contributed by atoms with E-state index in [1.165, 1.54) is 4.31 Å². The van der Waals surface area contributed by atoms with Crippen LogP contribution < -0.4 is 0 Å². The highest BCUT2D eigenvalue weighted by atomic mass is 32.2. The van der Waals surface area contributed by atoms with Crippen LogP contribution in [0.5, 0.6) is 0 Å². The van der Waals surface area contributed by atoms with Gasteiger partial charge in [-0.05, 0) is 30.9 Å². The number of aliphatic carboxylic acids is 1. The van der Waals surface area contributed by atoms with Crippen molar-refractivity contribution in [1.29, 1.82) is 0 Å². The van der Waals surface area contributed by atoms with Gasteiger partial charge >= 0.3 is 5.97 Å². The van der Waals surface area contributed by atoms with E-state index < -0.39 is 21.9 Å². The van der Waals surface area contributed by atoms with Gasteiger partial charge in [0, 0.05) is 13.1 Å². The molecule has 1 fully saturated rings. The van der Waals surface area contributed by atoms with Crippen molar-refractivity contribution in [3.63, 3.8) is 0 Å². The minimum Gasteiger partial charge on any atom is -0.481 e.